The number of carbonyl (C=O) groups excluding carboxylic acids is 1. The number of aliphatic hydroxyl groups is 2. The highest BCUT2D eigenvalue weighted by Gasteiger charge is 2.24. The molecule has 1 saturated heterocycles. The van der Waals surface area contributed by atoms with Crippen molar-refractivity contribution in [2.24, 2.45) is 0 Å². The van der Waals surface area contributed by atoms with Gasteiger partial charge in [-0.2, -0.15) is 0 Å². The Morgan fingerprint density at radius 3 is 2.74 bits per heavy atom. The molecule has 0 aliphatic carbocycles. The molecule has 1 aliphatic rings. The number of likely N-dealkylation sites (tertiary alicyclic amines) is 1. The van der Waals surface area contributed by atoms with Crippen molar-refractivity contribution in [1.82, 2.24) is 4.90 Å². The van der Waals surface area contributed by atoms with E-state index in [-0.39, 0.29) is 12.3 Å². The first-order valence-corrected chi connectivity index (χ1v) is 6.83. The van der Waals surface area contributed by atoms with Gasteiger partial charge in [-0.3, -0.25) is 4.79 Å². The maximum Gasteiger partial charge on any atom is 0.225 e. The first-order chi connectivity index (χ1) is 9.06. The fraction of sp³-hybridized carbons (Fsp3) is 0.500. The van der Waals surface area contributed by atoms with E-state index < -0.39 is 12.2 Å². The molecule has 1 aliphatic heterocycles. The van der Waals surface area contributed by atoms with Gasteiger partial charge in [0.05, 0.1) is 18.6 Å². The number of piperidine rings is 1. The number of nitrogens with zero attached hydrogens (tertiary/aromatic N) is 1. The van der Waals surface area contributed by atoms with Crippen molar-refractivity contribution >= 4 is 17.5 Å². The number of carbonyl (C=O) groups is 1. The molecule has 2 rings (SSSR count). The second-order valence-corrected chi connectivity index (χ2v) is 5.34. The van der Waals surface area contributed by atoms with Crippen LogP contribution in [-0.4, -0.2) is 40.2 Å². The lowest BCUT2D eigenvalue weighted by Crippen LogP contribution is -2.42. The first-order valence-electron chi connectivity index (χ1n) is 6.45. The Labute approximate surface area is 117 Å². The third-order valence-electron chi connectivity index (χ3n) is 3.37. The predicted molar refractivity (Wildman–Crippen MR) is 72.8 cm³/mol. The molecule has 0 spiro atoms. The van der Waals surface area contributed by atoms with Crippen molar-refractivity contribution in [2.45, 2.75) is 31.5 Å². The zero-order valence-corrected chi connectivity index (χ0v) is 11.4. The number of benzene rings is 1. The number of hydrogen-bond acceptors (Lipinski definition) is 3. The molecular formula is C14H18ClNO3. The summed E-state index contributed by atoms with van der Waals surface area (Å²) in [6.45, 7) is 1.02. The maximum absolute atomic E-state index is 12.0. The van der Waals surface area contributed by atoms with Crippen LogP contribution in [0.2, 0.25) is 5.02 Å². The van der Waals surface area contributed by atoms with Gasteiger partial charge in [-0.1, -0.05) is 23.7 Å². The largest absolute Gasteiger partial charge is 0.391 e. The molecule has 0 aromatic heterocycles. The van der Waals surface area contributed by atoms with Crippen molar-refractivity contribution in [1.29, 1.82) is 0 Å². The number of β-amino-alcohol motifs (C(OH)–C–C–N with tert-alkyl or cyclic N) is 1. The molecule has 1 heterocycles. The van der Waals surface area contributed by atoms with E-state index in [4.69, 9.17) is 11.6 Å². The summed E-state index contributed by atoms with van der Waals surface area (Å²) in [5.41, 5.74) is 0.676. The van der Waals surface area contributed by atoms with Crippen molar-refractivity contribution in [2.75, 3.05) is 13.1 Å². The van der Waals surface area contributed by atoms with Crippen molar-refractivity contribution < 1.29 is 15.0 Å². The van der Waals surface area contributed by atoms with Crippen LogP contribution in [0.3, 0.4) is 0 Å². The zero-order chi connectivity index (χ0) is 13.8. The molecule has 2 atom stereocenters. The molecule has 1 aromatic carbocycles. The van der Waals surface area contributed by atoms with Crippen molar-refractivity contribution in [3.8, 4) is 0 Å². The van der Waals surface area contributed by atoms with Gasteiger partial charge in [0.2, 0.25) is 5.91 Å². The van der Waals surface area contributed by atoms with Crippen LogP contribution >= 0.6 is 11.6 Å². The van der Waals surface area contributed by atoms with E-state index in [9.17, 15) is 15.0 Å². The Kier molecular flexibility index (Phi) is 4.80. The normalized spacial score (nSPS) is 21.2. The van der Waals surface area contributed by atoms with Gasteiger partial charge in [0.15, 0.2) is 0 Å². The van der Waals surface area contributed by atoms with Gasteiger partial charge in [0.1, 0.15) is 0 Å². The summed E-state index contributed by atoms with van der Waals surface area (Å²) < 4.78 is 0. The average molecular weight is 284 g/mol. The Morgan fingerprint density at radius 2 is 2.11 bits per heavy atom. The van der Waals surface area contributed by atoms with Crippen LogP contribution in [0.4, 0.5) is 0 Å². The van der Waals surface area contributed by atoms with E-state index in [2.05, 4.69) is 0 Å². The number of amides is 1. The smallest absolute Gasteiger partial charge is 0.225 e. The van der Waals surface area contributed by atoms with Gasteiger partial charge >= 0.3 is 0 Å². The predicted octanol–water partition coefficient (Wildman–Crippen LogP) is 1.75. The quantitative estimate of drug-likeness (QED) is 0.888. The molecule has 0 saturated carbocycles. The molecule has 2 N–H and O–H groups in total. The minimum Gasteiger partial charge on any atom is -0.391 e. The van der Waals surface area contributed by atoms with E-state index in [1.54, 1.807) is 29.2 Å². The van der Waals surface area contributed by atoms with Crippen LogP contribution < -0.4 is 0 Å². The fourth-order valence-electron chi connectivity index (χ4n) is 2.28. The number of halogens is 1. The van der Waals surface area contributed by atoms with E-state index >= 15 is 0 Å². The second-order valence-electron chi connectivity index (χ2n) is 4.91. The molecular weight excluding hydrogens is 266 g/mol. The Morgan fingerprint density at radius 1 is 1.42 bits per heavy atom. The third-order valence-corrected chi connectivity index (χ3v) is 3.62. The Hall–Kier alpha value is -1.10. The van der Waals surface area contributed by atoms with Gasteiger partial charge in [0, 0.05) is 18.1 Å². The summed E-state index contributed by atoms with van der Waals surface area (Å²) in [7, 11) is 0. The van der Waals surface area contributed by atoms with E-state index in [0.29, 0.717) is 23.7 Å². The summed E-state index contributed by atoms with van der Waals surface area (Å²) in [4.78, 5) is 13.6. The van der Waals surface area contributed by atoms with Gasteiger partial charge < -0.3 is 15.1 Å². The fourth-order valence-corrected chi connectivity index (χ4v) is 2.40. The monoisotopic (exact) mass is 283 g/mol. The summed E-state index contributed by atoms with van der Waals surface area (Å²) >= 11 is 5.78. The molecule has 0 bridgehead atoms. The minimum absolute atomic E-state index is 0.0361. The molecule has 2 unspecified atom stereocenters. The van der Waals surface area contributed by atoms with E-state index in [1.165, 1.54) is 0 Å². The highest BCUT2D eigenvalue weighted by Crippen LogP contribution is 2.21. The number of aliphatic hydroxyl groups excluding tert-OH is 2. The average Bonchev–Trinajstić information content (AvgIpc) is 2.39. The molecule has 1 fully saturated rings. The van der Waals surface area contributed by atoms with Gasteiger partial charge in [-0.15, -0.1) is 0 Å². The molecule has 0 radical (unpaired) electrons. The van der Waals surface area contributed by atoms with Crippen molar-refractivity contribution in [3.63, 3.8) is 0 Å². The number of rotatable bonds is 3. The van der Waals surface area contributed by atoms with Crippen LogP contribution in [0.1, 0.15) is 30.9 Å². The maximum atomic E-state index is 12.0. The molecule has 19 heavy (non-hydrogen) atoms. The lowest BCUT2D eigenvalue weighted by atomic mass is 10.0. The topological polar surface area (TPSA) is 60.8 Å². The second kappa shape index (κ2) is 6.37. The van der Waals surface area contributed by atoms with Gasteiger partial charge in [-0.25, -0.2) is 0 Å². The van der Waals surface area contributed by atoms with Gasteiger partial charge in [0.25, 0.3) is 0 Å². The Balaban J connectivity index is 1.92. The highest BCUT2D eigenvalue weighted by molar-refractivity contribution is 6.30. The standard InChI is InChI=1S/C14H18ClNO3/c15-11-5-3-10(4-6-11)13(18)8-14(19)16-7-1-2-12(17)9-16/h3-6,12-13,17-18H,1-2,7-9H2. The van der Waals surface area contributed by atoms with Crippen LogP contribution in [0.25, 0.3) is 0 Å². The van der Waals surface area contributed by atoms with Gasteiger partial charge in [-0.05, 0) is 30.5 Å². The van der Waals surface area contributed by atoms with Crippen LogP contribution in [0.5, 0.6) is 0 Å². The number of hydrogen-bond donors (Lipinski definition) is 2. The van der Waals surface area contributed by atoms with E-state index in [1.807, 2.05) is 0 Å². The highest BCUT2D eigenvalue weighted by atomic mass is 35.5. The molecule has 5 heteroatoms. The van der Waals surface area contributed by atoms with Crippen LogP contribution in [0.15, 0.2) is 24.3 Å². The summed E-state index contributed by atoms with van der Waals surface area (Å²) in [5.74, 6) is -0.124. The van der Waals surface area contributed by atoms with Crippen LogP contribution in [-0.2, 0) is 4.79 Å². The summed E-state index contributed by atoms with van der Waals surface area (Å²) in [6.07, 6.45) is 0.316. The van der Waals surface area contributed by atoms with Crippen LogP contribution in [0, 0.1) is 0 Å². The molecule has 1 aromatic rings. The molecule has 1 amide bonds. The first kappa shape index (κ1) is 14.3. The summed E-state index contributed by atoms with van der Waals surface area (Å²) in [5, 5.41) is 20.2. The molecule has 4 nitrogen and oxygen atoms in total. The Bertz CT molecular complexity index is 435. The SMILES string of the molecule is O=C(CC(O)c1ccc(Cl)cc1)N1CCCC(O)C1. The van der Waals surface area contributed by atoms with E-state index in [0.717, 1.165) is 12.8 Å². The lowest BCUT2D eigenvalue weighted by Gasteiger charge is -2.30. The van der Waals surface area contributed by atoms with Crippen molar-refractivity contribution in [3.05, 3.63) is 34.9 Å². The minimum atomic E-state index is -0.830. The summed E-state index contributed by atoms with van der Waals surface area (Å²) in [6, 6.07) is 6.81. The lowest BCUT2D eigenvalue weighted by molar-refractivity contribution is -0.136. The molecule has 104 valence electrons. The zero-order valence-electron chi connectivity index (χ0n) is 10.6. The third kappa shape index (κ3) is 3.93.